The molecular weight excluding hydrogens is 408 g/mol. The zero-order valence-corrected chi connectivity index (χ0v) is 15.8. The quantitative estimate of drug-likeness (QED) is 0.741. The Bertz CT molecular complexity index is 795. The molecule has 7 heteroatoms. The zero-order chi connectivity index (χ0) is 18.0. The minimum atomic E-state index is -1.10. The molecule has 3 rings (SSSR count). The van der Waals surface area contributed by atoms with Gasteiger partial charge in [0, 0.05) is 9.50 Å². The summed E-state index contributed by atoms with van der Waals surface area (Å²) in [7, 11) is 0. The van der Waals surface area contributed by atoms with Gasteiger partial charge in [-0.25, -0.2) is 4.79 Å². The largest absolute Gasteiger partial charge is 0.492 e. The summed E-state index contributed by atoms with van der Waals surface area (Å²) >= 11 is 9.24. The highest BCUT2D eigenvalue weighted by Crippen LogP contribution is 2.29. The number of amides is 3. The van der Waals surface area contributed by atoms with E-state index in [1.807, 2.05) is 24.3 Å². The lowest BCUT2D eigenvalue weighted by Gasteiger charge is -2.22. The van der Waals surface area contributed by atoms with Crippen LogP contribution in [0.3, 0.4) is 0 Å². The van der Waals surface area contributed by atoms with Crippen molar-refractivity contribution in [1.29, 1.82) is 0 Å². The van der Waals surface area contributed by atoms with Crippen molar-refractivity contribution in [2.45, 2.75) is 12.5 Å². The van der Waals surface area contributed by atoms with Crippen LogP contribution >= 0.6 is 27.5 Å². The molecule has 1 aliphatic rings. The van der Waals surface area contributed by atoms with E-state index in [1.54, 1.807) is 31.2 Å². The molecule has 1 atom stereocenters. The van der Waals surface area contributed by atoms with Gasteiger partial charge >= 0.3 is 6.03 Å². The molecule has 0 radical (unpaired) electrons. The van der Waals surface area contributed by atoms with E-state index in [0.717, 1.165) is 4.47 Å². The number of carbonyl (C=O) groups excluding carboxylic acids is 2. The molecule has 0 saturated carbocycles. The summed E-state index contributed by atoms with van der Waals surface area (Å²) < 4.78 is 6.55. The van der Waals surface area contributed by atoms with Gasteiger partial charge in [0.1, 0.15) is 17.9 Å². The Balaban J connectivity index is 1.66. The average molecular weight is 424 g/mol. The van der Waals surface area contributed by atoms with Crippen molar-refractivity contribution in [2.24, 2.45) is 0 Å². The first-order valence-electron chi connectivity index (χ1n) is 7.69. The first kappa shape index (κ1) is 17.8. The second-order valence-corrected chi connectivity index (χ2v) is 7.17. The number of hydrogen-bond donors (Lipinski definition) is 1. The Labute approximate surface area is 159 Å². The summed E-state index contributed by atoms with van der Waals surface area (Å²) in [5.41, 5.74) is -0.411. The summed E-state index contributed by atoms with van der Waals surface area (Å²) in [4.78, 5) is 26.2. The highest BCUT2D eigenvalue weighted by atomic mass is 79.9. The molecule has 130 valence electrons. The fourth-order valence-corrected chi connectivity index (χ4v) is 3.05. The normalized spacial score (nSPS) is 19.9. The molecule has 2 aromatic carbocycles. The van der Waals surface area contributed by atoms with Crippen molar-refractivity contribution in [3.63, 3.8) is 0 Å². The molecule has 25 heavy (non-hydrogen) atoms. The standard InChI is InChI=1S/C18H16BrClN2O3/c1-18(12-2-6-14(20)7-3-12)16(23)22(17(24)21-18)10-11-25-15-8-4-13(19)5-9-15/h2-9H,10-11H2,1H3,(H,21,24)/t18-/m0/s1. The number of nitrogens with zero attached hydrogens (tertiary/aromatic N) is 1. The van der Waals surface area contributed by atoms with E-state index >= 15 is 0 Å². The number of nitrogens with one attached hydrogen (secondary N) is 1. The molecule has 1 aliphatic heterocycles. The summed E-state index contributed by atoms with van der Waals surface area (Å²) in [5, 5.41) is 3.33. The van der Waals surface area contributed by atoms with Gasteiger partial charge in [-0.1, -0.05) is 39.7 Å². The highest BCUT2D eigenvalue weighted by molar-refractivity contribution is 9.10. The maximum absolute atomic E-state index is 12.8. The van der Waals surface area contributed by atoms with Crippen LogP contribution in [-0.4, -0.2) is 30.0 Å². The predicted octanol–water partition coefficient (Wildman–Crippen LogP) is 3.95. The smallest absolute Gasteiger partial charge is 0.325 e. The second kappa shape index (κ2) is 7.06. The molecule has 1 fully saturated rings. The van der Waals surface area contributed by atoms with Crippen molar-refractivity contribution in [3.8, 4) is 5.75 Å². The van der Waals surface area contributed by atoms with Crippen molar-refractivity contribution < 1.29 is 14.3 Å². The first-order valence-corrected chi connectivity index (χ1v) is 8.86. The number of urea groups is 1. The summed E-state index contributed by atoms with van der Waals surface area (Å²) in [6, 6.07) is 13.8. The molecule has 1 N–H and O–H groups in total. The number of rotatable bonds is 5. The monoisotopic (exact) mass is 422 g/mol. The molecule has 5 nitrogen and oxygen atoms in total. The van der Waals surface area contributed by atoms with Crippen LogP contribution in [0, 0.1) is 0 Å². The van der Waals surface area contributed by atoms with Gasteiger partial charge in [0.15, 0.2) is 0 Å². The Hall–Kier alpha value is -2.05. The molecule has 0 unspecified atom stereocenters. The van der Waals surface area contributed by atoms with Crippen molar-refractivity contribution in [2.75, 3.05) is 13.2 Å². The first-order chi connectivity index (χ1) is 11.9. The van der Waals surface area contributed by atoms with Crippen LogP contribution in [0.1, 0.15) is 12.5 Å². The third-order valence-electron chi connectivity index (χ3n) is 4.09. The number of carbonyl (C=O) groups is 2. The molecular formula is C18H16BrClN2O3. The third-order valence-corrected chi connectivity index (χ3v) is 4.87. The third kappa shape index (κ3) is 3.65. The minimum absolute atomic E-state index is 0.171. The highest BCUT2D eigenvalue weighted by Gasteiger charge is 2.48. The van der Waals surface area contributed by atoms with E-state index in [4.69, 9.17) is 16.3 Å². The molecule has 2 aromatic rings. The summed E-state index contributed by atoms with van der Waals surface area (Å²) in [5.74, 6) is 0.370. The van der Waals surface area contributed by atoms with Crippen LogP contribution in [-0.2, 0) is 10.3 Å². The van der Waals surface area contributed by atoms with Gasteiger partial charge in [0.2, 0.25) is 0 Å². The lowest BCUT2D eigenvalue weighted by Crippen LogP contribution is -2.41. The minimum Gasteiger partial charge on any atom is -0.492 e. The summed E-state index contributed by atoms with van der Waals surface area (Å²) in [6.45, 7) is 2.08. The Morgan fingerprint density at radius 3 is 2.40 bits per heavy atom. The fourth-order valence-electron chi connectivity index (χ4n) is 2.66. The van der Waals surface area contributed by atoms with Crippen LogP contribution in [0.2, 0.25) is 5.02 Å². The fraction of sp³-hybridized carbons (Fsp3) is 0.222. The Kier molecular flexibility index (Phi) is 5.01. The van der Waals surface area contributed by atoms with Crippen LogP contribution in [0.15, 0.2) is 53.0 Å². The number of ether oxygens (including phenoxy) is 1. The van der Waals surface area contributed by atoms with Crippen LogP contribution in [0.4, 0.5) is 4.79 Å². The number of halogens is 2. The van der Waals surface area contributed by atoms with Crippen molar-refractivity contribution >= 4 is 39.5 Å². The SMILES string of the molecule is C[C@@]1(c2ccc(Cl)cc2)NC(=O)N(CCOc2ccc(Br)cc2)C1=O. The Morgan fingerprint density at radius 1 is 1.12 bits per heavy atom. The molecule has 3 amide bonds. The molecule has 1 heterocycles. The predicted molar refractivity (Wildman–Crippen MR) is 98.7 cm³/mol. The average Bonchev–Trinajstić information content (AvgIpc) is 2.81. The van der Waals surface area contributed by atoms with Gasteiger partial charge < -0.3 is 10.1 Å². The van der Waals surface area contributed by atoms with E-state index in [-0.39, 0.29) is 19.1 Å². The molecule has 0 spiro atoms. The molecule has 1 saturated heterocycles. The Morgan fingerprint density at radius 2 is 1.76 bits per heavy atom. The molecule has 0 aliphatic carbocycles. The van der Waals surface area contributed by atoms with Crippen LogP contribution < -0.4 is 10.1 Å². The van der Waals surface area contributed by atoms with Gasteiger partial charge in [-0.3, -0.25) is 9.69 Å². The summed E-state index contributed by atoms with van der Waals surface area (Å²) in [6.07, 6.45) is 0. The molecule has 0 bridgehead atoms. The van der Waals surface area contributed by atoms with Crippen molar-refractivity contribution in [3.05, 3.63) is 63.6 Å². The van der Waals surface area contributed by atoms with Crippen LogP contribution in [0.5, 0.6) is 5.75 Å². The maximum Gasteiger partial charge on any atom is 0.325 e. The van der Waals surface area contributed by atoms with Gasteiger partial charge in [-0.15, -0.1) is 0 Å². The van der Waals surface area contributed by atoms with Crippen molar-refractivity contribution in [1.82, 2.24) is 10.2 Å². The van der Waals surface area contributed by atoms with E-state index in [1.165, 1.54) is 4.90 Å². The number of benzene rings is 2. The van der Waals surface area contributed by atoms with E-state index < -0.39 is 11.6 Å². The van der Waals surface area contributed by atoms with Gasteiger partial charge in [0.25, 0.3) is 5.91 Å². The number of hydrogen-bond acceptors (Lipinski definition) is 3. The zero-order valence-electron chi connectivity index (χ0n) is 13.5. The van der Waals surface area contributed by atoms with E-state index in [9.17, 15) is 9.59 Å². The van der Waals surface area contributed by atoms with Gasteiger partial charge in [-0.05, 0) is 48.9 Å². The number of imide groups is 1. The van der Waals surface area contributed by atoms with Gasteiger partial charge in [-0.2, -0.15) is 0 Å². The lowest BCUT2D eigenvalue weighted by atomic mass is 9.92. The van der Waals surface area contributed by atoms with Crippen LogP contribution in [0.25, 0.3) is 0 Å². The maximum atomic E-state index is 12.8. The van der Waals surface area contributed by atoms with E-state index in [0.29, 0.717) is 16.3 Å². The lowest BCUT2D eigenvalue weighted by molar-refractivity contribution is -0.131. The molecule has 0 aromatic heterocycles. The second-order valence-electron chi connectivity index (χ2n) is 5.82. The van der Waals surface area contributed by atoms with Gasteiger partial charge in [0.05, 0.1) is 6.54 Å². The topological polar surface area (TPSA) is 58.6 Å². The van der Waals surface area contributed by atoms with E-state index in [2.05, 4.69) is 21.2 Å².